The number of ether oxygens (including phenoxy) is 2. The monoisotopic (exact) mass is 488 g/mol. The standard InChI is InChI=1S/C23H21ClN2O6S/c1-15-13-18(33(29,30)26-17-9-7-16(24)8-10-17)11-12-21(15)32-14-22(27)25-20-6-4-3-5-19(20)23(28)31-2/h3-13,26H,14H2,1-2H3,(H,25,27). The molecule has 0 atom stereocenters. The molecule has 8 nitrogen and oxygen atoms in total. The number of anilines is 2. The number of esters is 1. The zero-order chi connectivity index (χ0) is 24.0. The van der Waals surface area contributed by atoms with Gasteiger partial charge >= 0.3 is 5.97 Å². The molecule has 10 heteroatoms. The summed E-state index contributed by atoms with van der Waals surface area (Å²) >= 11 is 5.82. The van der Waals surface area contributed by atoms with Crippen molar-refractivity contribution in [3.63, 3.8) is 0 Å². The number of methoxy groups -OCH3 is 1. The van der Waals surface area contributed by atoms with Crippen LogP contribution in [0, 0.1) is 6.92 Å². The first kappa shape index (κ1) is 24.1. The van der Waals surface area contributed by atoms with Gasteiger partial charge in [0.2, 0.25) is 0 Å². The van der Waals surface area contributed by atoms with E-state index in [-0.39, 0.29) is 17.1 Å². The lowest BCUT2D eigenvalue weighted by molar-refractivity contribution is -0.118. The van der Waals surface area contributed by atoms with Crippen molar-refractivity contribution in [3.05, 3.63) is 82.9 Å². The molecule has 33 heavy (non-hydrogen) atoms. The van der Waals surface area contributed by atoms with Crippen LogP contribution in [0.25, 0.3) is 0 Å². The highest BCUT2D eigenvalue weighted by molar-refractivity contribution is 7.92. The maximum Gasteiger partial charge on any atom is 0.339 e. The molecule has 0 fully saturated rings. The predicted molar refractivity (Wildman–Crippen MR) is 125 cm³/mol. The molecule has 3 rings (SSSR count). The molecule has 0 aromatic heterocycles. The fourth-order valence-electron chi connectivity index (χ4n) is 2.89. The highest BCUT2D eigenvalue weighted by Crippen LogP contribution is 2.24. The van der Waals surface area contributed by atoms with E-state index in [9.17, 15) is 18.0 Å². The van der Waals surface area contributed by atoms with Gasteiger partial charge in [0.15, 0.2) is 6.61 Å². The molecule has 0 spiro atoms. The van der Waals surface area contributed by atoms with Crippen LogP contribution in [0.2, 0.25) is 5.02 Å². The van der Waals surface area contributed by atoms with Crippen molar-refractivity contribution in [1.29, 1.82) is 0 Å². The van der Waals surface area contributed by atoms with Gasteiger partial charge in [-0.2, -0.15) is 0 Å². The maximum absolute atomic E-state index is 12.6. The van der Waals surface area contributed by atoms with E-state index in [2.05, 4.69) is 10.0 Å². The molecule has 0 heterocycles. The molecule has 0 saturated heterocycles. The van der Waals surface area contributed by atoms with Gasteiger partial charge in [-0.25, -0.2) is 13.2 Å². The molecule has 0 saturated carbocycles. The Morgan fingerprint density at radius 1 is 1.00 bits per heavy atom. The van der Waals surface area contributed by atoms with Crippen molar-refractivity contribution in [2.45, 2.75) is 11.8 Å². The molecule has 3 aromatic rings. The van der Waals surface area contributed by atoms with E-state index in [0.717, 1.165) is 0 Å². The maximum atomic E-state index is 12.6. The summed E-state index contributed by atoms with van der Waals surface area (Å²) in [5.74, 6) is -0.727. The molecule has 1 amide bonds. The Hall–Kier alpha value is -3.56. The molecule has 2 N–H and O–H groups in total. The quantitative estimate of drug-likeness (QED) is 0.458. The minimum Gasteiger partial charge on any atom is -0.483 e. The molecular weight excluding hydrogens is 468 g/mol. The van der Waals surface area contributed by atoms with Crippen LogP contribution in [-0.4, -0.2) is 34.0 Å². The van der Waals surface area contributed by atoms with E-state index in [1.165, 1.54) is 31.4 Å². The summed E-state index contributed by atoms with van der Waals surface area (Å²) in [4.78, 5) is 24.2. The third-order valence-corrected chi connectivity index (χ3v) is 6.15. The lowest BCUT2D eigenvalue weighted by Crippen LogP contribution is -2.22. The summed E-state index contributed by atoms with van der Waals surface area (Å²) < 4.78 is 38.0. The van der Waals surface area contributed by atoms with Gasteiger partial charge in [-0.15, -0.1) is 0 Å². The fraction of sp³-hybridized carbons (Fsp3) is 0.130. The topological polar surface area (TPSA) is 111 Å². The number of aryl methyl sites for hydroxylation is 1. The molecule has 172 valence electrons. The third-order valence-electron chi connectivity index (χ3n) is 4.52. The normalized spacial score (nSPS) is 10.9. The number of nitrogens with one attached hydrogen (secondary N) is 2. The smallest absolute Gasteiger partial charge is 0.339 e. The first-order chi connectivity index (χ1) is 15.7. The Labute approximate surface area is 196 Å². The van der Waals surface area contributed by atoms with Gasteiger partial charge in [-0.3, -0.25) is 9.52 Å². The fourth-order valence-corrected chi connectivity index (χ4v) is 4.16. The van der Waals surface area contributed by atoms with E-state index in [4.69, 9.17) is 21.1 Å². The Kier molecular flexibility index (Phi) is 7.57. The van der Waals surface area contributed by atoms with Crippen LogP contribution < -0.4 is 14.8 Å². The number of hydrogen-bond donors (Lipinski definition) is 2. The van der Waals surface area contributed by atoms with E-state index in [0.29, 0.717) is 27.7 Å². The summed E-state index contributed by atoms with van der Waals surface area (Å²) in [6.07, 6.45) is 0. The van der Waals surface area contributed by atoms with Gasteiger partial charge < -0.3 is 14.8 Å². The lowest BCUT2D eigenvalue weighted by Gasteiger charge is -2.13. The highest BCUT2D eigenvalue weighted by atomic mass is 35.5. The Bertz CT molecular complexity index is 1280. The van der Waals surface area contributed by atoms with Crippen LogP contribution in [0.4, 0.5) is 11.4 Å². The number of rotatable bonds is 8. The van der Waals surface area contributed by atoms with Crippen molar-refractivity contribution in [2.24, 2.45) is 0 Å². The van der Waals surface area contributed by atoms with E-state index < -0.39 is 21.9 Å². The summed E-state index contributed by atoms with van der Waals surface area (Å²) in [5.41, 5.74) is 1.41. The predicted octanol–water partition coefficient (Wildman–Crippen LogP) is 4.25. The van der Waals surface area contributed by atoms with Crippen LogP contribution in [0.3, 0.4) is 0 Å². The van der Waals surface area contributed by atoms with Crippen molar-refractivity contribution < 1.29 is 27.5 Å². The van der Waals surface area contributed by atoms with Crippen molar-refractivity contribution in [2.75, 3.05) is 23.8 Å². The summed E-state index contributed by atoms with van der Waals surface area (Å²) in [6, 6.07) is 17.0. The molecule has 0 bridgehead atoms. The van der Waals surface area contributed by atoms with Crippen molar-refractivity contribution >= 4 is 44.9 Å². The minimum atomic E-state index is -3.82. The zero-order valence-electron chi connectivity index (χ0n) is 17.8. The van der Waals surface area contributed by atoms with E-state index >= 15 is 0 Å². The van der Waals surface area contributed by atoms with Crippen LogP contribution in [-0.2, 0) is 19.6 Å². The molecule has 3 aromatic carbocycles. The zero-order valence-corrected chi connectivity index (χ0v) is 19.4. The summed E-state index contributed by atoms with van der Waals surface area (Å²) in [5, 5.41) is 3.10. The Morgan fingerprint density at radius 3 is 2.36 bits per heavy atom. The second-order valence-electron chi connectivity index (χ2n) is 6.91. The number of amides is 1. The Balaban J connectivity index is 1.65. The number of para-hydroxylation sites is 1. The number of benzene rings is 3. The molecule has 0 unspecified atom stereocenters. The van der Waals surface area contributed by atoms with E-state index in [1.807, 2.05) is 0 Å². The highest BCUT2D eigenvalue weighted by Gasteiger charge is 2.17. The van der Waals surface area contributed by atoms with Crippen LogP contribution in [0.15, 0.2) is 71.6 Å². The minimum absolute atomic E-state index is 0.0405. The Morgan fingerprint density at radius 2 is 1.70 bits per heavy atom. The van der Waals surface area contributed by atoms with Crippen LogP contribution >= 0.6 is 11.6 Å². The van der Waals surface area contributed by atoms with Gasteiger partial charge in [-0.1, -0.05) is 23.7 Å². The molecule has 0 aliphatic rings. The van der Waals surface area contributed by atoms with Crippen molar-refractivity contribution in [3.8, 4) is 5.75 Å². The van der Waals surface area contributed by atoms with Gasteiger partial charge in [0.05, 0.1) is 23.3 Å². The number of hydrogen-bond acceptors (Lipinski definition) is 6. The largest absolute Gasteiger partial charge is 0.483 e. The summed E-state index contributed by atoms with van der Waals surface area (Å²) in [6.45, 7) is 1.33. The number of halogens is 1. The van der Waals surface area contributed by atoms with Gasteiger partial charge in [0.25, 0.3) is 15.9 Å². The number of carbonyl (C=O) groups excluding carboxylic acids is 2. The molecular formula is C23H21ClN2O6S. The SMILES string of the molecule is COC(=O)c1ccccc1NC(=O)COc1ccc(S(=O)(=O)Nc2ccc(Cl)cc2)cc1C. The first-order valence-electron chi connectivity index (χ1n) is 9.68. The van der Waals surface area contributed by atoms with E-state index in [1.54, 1.807) is 49.4 Å². The number of carbonyl (C=O) groups is 2. The van der Waals surface area contributed by atoms with Gasteiger partial charge in [0.1, 0.15) is 5.75 Å². The second kappa shape index (κ2) is 10.4. The number of sulfonamides is 1. The second-order valence-corrected chi connectivity index (χ2v) is 9.03. The molecule has 0 aliphatic heterocycles. The average molecular weight is 489 g/mol. The van der Waals surface area contributed by atoms with Crippen LogP contribution in [0.5, 0.6) is 5.75 Å². The molecule has 0 radical (unpaired) electrons. The van der Waals surface area contributed by atoms with Crippen LogP contribution in [0.1, 0.15) is 15.9 Å². The average Bonchev–Trinajstić information content (AvgIpc) is 2.79. The first-order valence-corrected chi connectivity index (χ1v) is 11.5. The van der Waals surface area contributed by atoms with Gasteiger partial charge in [0, 0.05) is 10.7 Å². The summed E-state index contributed by atoms with van der Waals surface area (Å²) in [7, 11) is -2.57. The van der Waals surface area contributed by atoms with Crippen molar-refractivity contribution in [1.82, 2.24) is 0 Å². The third kappa shape index (κ3) is 6.24. The lowest BCUT2D eigenvalue weighted by atomic mass is 10.2. The van der Waals surface area contributed by atoms with Gasteiger partial charge in [-0.05, 0) is 67.1 Å². The molecule has 0 aliphatic carbocycles.